The van der Waals surface area contributed by atoms with E-state index in [-0.39, 0.29) is 23.9 Å². The van der Waals surface area contributed by atoms with Crippen LogP contribution in [0.1, 0.15) is 0 Å². The number of halogens is 2. The van der Waals surface area contributed by atoms with Gasteiger partial charge in [-0.3, -0.25) is 9.59 Å². The van der Waals surface area contributed by atoms with Crippen molar-refractivity contribution >= 4 is 23.5 Å². The maximum atomic E-state index is 12.8. The van der Waals surface area contributed by atoms with Gasteiger partial charge in [-0.25, -0.2) is 4.39 Å². The molecular weight excluding hydrogens is 265 g/mol. The fourth-order valence-electron chi connectivity index (χ4n) is 1.01. The van der Waals surface area contributed by atoms with E-state index in [0.717, 1.165) is 6.07 Å². The normalized spacial score (nSPS) is 9.72. The number of ether oxygens (including phenoxy) is 2. The summed E-state index contributed by atoms with van der Waals surface area (Å²) in [5.41, 5.74) is 0. The summed E-state index contributed by atoms with van der Waals surface area (Å²) in [5, 5.41) is 2.19. The number of methoxy groups -OCH3 is 1. The minimum absolute atomic E-state index is 0.0949. The van der Waals surface area contributed by atoms with E-state index in [2.05, 4.69) is 10.1 Å². The zero-order valence-corrected chi connectivity index (χ0v) is 10.3. The molecule has 1 rings (SSSR count). The third kappa shape index (κ3) is 4.58. The number of rotatable bonds is 5. The van der Waals surface area contributed by atoms with E-state index < -0.39 is 17.7 Å². The maximum Gasteiger partial charge on any atom is 0.325 e. The lowest BCUT2D eigenvalue weighted by atomic mass is 10.3. The van der Waals surface area contributed by atoms with Crippen LogP contribution < -0.4 is 10.1 Å². The van der Waals surface area contributed by atoms with Crippen LogP contribution in [0.5, 0.6) is 5.75 Å². The molecule has 0 saturated heterocycles. The van der Waals surface area contributed by atoms with Crippen molar-refractivity contribution < 1.29 is 23.5 Å². The average molecular weight is 276 g/mol. The molecule has 7 heteroatoms. The van der Waals surface area contributed by atoms with Crippen LogP contribution in [0.3, 0.4) is 0 Å². The Morgan fingerprint density at radius 1 is 1.44 bits per heavy atom. The number of esters is 1. The molecule has 1 amide bonds. The molecule has 0 atom stereocenters. The van der Waals surface area contributed by atoms with Crippen molar-refractivity contribution in [1.82, 2.24) is 5.32 Å². The highest BCUT2D eigenvalue weighted by Crippen LogP contribution is 2.20. The van der Waals surface area contributed by atoms with Gasteiger partial charge in [0.15, 0.2) is 6.61 Å². The molecule has 0 aromatic heterocycles. The van der Waals surface area contributed by atoms with Gasteiger partial charge in [0.05, 0.1) is 12.1 Å². The molecule has 0 unspecified atom stereocenters. The second-order valence-corrected chi connectivity index (χ2v) is 3.62. The topological polar surface area (TPSA) is 64.6 Å². The fourth-order valence-corrected chi connectivity index (χ4v) is 1.18. The molecule has 0 bridgehead atoms. The summed E-state index contributed by atoms with van der Waals surface area (Å²) < 4.78 is 22.2. The Balaban J connectivity index is 2.38. The summed E-state index contributed by atoms with van der Waals surface area (Å²) in [5.74, 6) is -1.37. The lowest BCUT2D eigenvalue weighted by molar-refractivity contribution is -0.141. The molecule has 18 heavy (non-hydrogen) atoms. The minimum Gasteiger partial charge on any atom is -0.484 e. The minimum atomic E-state index is -0.570. The third-order valence-electron chi connectivity index (χ3n) is 1.92. The second-order valence-electron chi connectivity index (χ2n) is 3.22. The molecule has 0 aliphatic rings. The van der Waals surface area contributed by atoms with Gasteiger partial charge in [0.25, 0.3) is 5.91 Å². The number of carbonyl (C=O) groups is 2. The van der Waals surface area contributed by atoms with Crippen molar-refractivity contribution in [3.05, 3.63) is 29.0 Å². The van der Waals surface area contributed by atoms with Crippen molar-refractivity contribution in [2.45, 2.75) is 0 Å². The molecule has 0 saturated carbocycles. The SMILES string of the molecule is COC(=O)CNC(=O)COc1ccc(F)c(Cl)c1. The lowest BCUT2D eigenvalue weighted by Gasteiger charge is -2.07. The summed E-state index contributed by atoms with van der Waals surface area (Å²) in [4.78, 5) is 22.0. The van der Waals surface area contributed by atoms with Crippen LogP contribution in [0.4, 0.5) is 4.39 Å². The third-order valence-corrected chi connectivity index (χ3v) is 2.21. The van der Waals surface area contributed by atoms with Crippen LogP contribution in [-0.2, 0) is 14.3 Å². The lowest BCUT2D eigenvalue weighted by Crippen LogP contribution is -2.33. The molecule has 0 aliphatic heterocycles. The molecule has 0 spiro atoms. The van der Waals surface area contributed by atoms with E-state index in [9.17, 15) is 14.0 Å². The van der Waals surface area contributed by atoms with Crippen LogP contribution in [-0.4, -0.2) is 32.1 Å². The van der Waals surface area contributed by atoms with E-state index in [0.29, 0.717) is 0 Å². The van der Waals surface area contributed by atoms with E-state index in [1.54, 1.807) is 0 Å². The number of nitrogens with one attached hydrogen (secondary N) is 1. The van der Waals surface area contributed by atoms with Crippen molar-refractivity contribution in [1.29, 1.82) is 0 Å². The largest absolute Gasteiger partial charge is 0.484 e. The molecule has 5 nitrogen and oxygen atoms in total. The Morgan fingerprint density at radius 3 is 2.78 bits per heavy atom. The molecule has 0 aliphatic carbocycles. The van der Waals surface area contributed by atoms with Gasteiger partial charge in [-0.15, -0.1) is 0 Å². The van der Waals surface area contributed by atoms with E-state index in [1.165, 1.54) is 19.2 Å². The Kier molecular flexibility index (Phi) is 5.38. The van der Waals surface area contributed by atoms with Gasteiger partial charge in [0, 0.05) is 6.07 Å². The van der Waals surface area contributed by atoms with Gasteiger partial charge < -0.3 is 14.8 Å². The Labute approximate surface area is 108 Å². The number of carbonyl (C=O) groups excluding carboxylic acids is 2. The van der Waals surface area contributed by atoms with Gasteiger partial charge in [-0.2, -0.15) is 0 Å². The summed E-state index contributed by atoms with van der Waals surface area (Å²) in [6.45, 7) is -0.540. The Hall–Kier alpha value is -1.82. The number of amides is 1. The summed E-state index contributed by atoms with van der Waals surface area (Å²) in [6, 6.07) is 3.73. The molecule has 0 fully saturated rings. The van der Waals surface area contributed by atoms with Gasteiger partial charge >= 0.3 is 5.97 Å². The molecule has 0 heterocycles. The first-order chi connectivity index (χ1) is 8.52. The van der Waals surface area contributed by atoms with E-state index in [4.69, 9.17) is 16.3 Å². The molecule has 0 radical (unpaired) electrons. The van der Waals surface area contributed by atoms with Gasteiger partial charge in [0.1, 0.15) is 18.1 Å². The maximum absolute atomic E-state index is 12.8. The molecule has 1 aromatic carbocycles. The quantitative estimate of drug-likeness (QED) is 0.819. The standard InChI is InChI=1S/C11H11ClFNO4/c1-17-11(16)5-14-10(15)6-18-7-2-3-9(13)8(12)4-7/h2-4H,5-6H2,1H3,(H,14,15). The van der Waals surface area contributed by atoms with Crippen molar-refractivity contribution in [3.8, 4) is 5.75 Å². The smallest absolute Gasteiger partial charge is 0.325 e. The molecule has 98 valence electrons. The second kappa shape index (κ2) is 6.80. The van der Waals surface area contributed by atoms with Crippen molar-refractivity contribution in [2.24, 2.45) is 0 Å². The highest BCUT2D eigenvalue weighted by molar-refractivity contribution is 6.30. The Bertz CT molecular complexity index is 453. The van der Waals surface area contributed by atoms with E-state index in [1.807, 2.05) is 0 Å². The molecular formula is C11H11ClFNO4. The fraction of sp³-hybridized carbons (Fsp3) is 0.273. The number of hydrogen-bond donors (Lipinski definition) is 1. The van der Waals surface area contributed by atoms with Crippen molar-refractivity contribution in [3.63, 3.8) is 0 Å². The van der Waals surface area contributed by atoms with Crippen LogP contribution >= 0.6 is 11.6 Å². The Morgan fingerprint density at radius 2 is 2.17 bits per heavy atom. The van der Waals surface area contributed by atoms with Crippen LogP contribution in [0.15, 0.2) is 18.2 Å². The number of hydrogen-bond acceptors (Lipinski definition) is 4. The van der Waals surface area contributed by atoms with Gasteiger partial charge in [-0.1, -0.05) is 11.6 Å². The summed E-state index contributed by atoms with van der Waals surface area (Å²) in [6.07, 6.45) is 0. The zero-order valence-electron chi connectivity index (χ0n) is 9.54. The van der Waals surface area contributed by atoms with E-state index >= 15 is 0 Å². The first kappa shape index (κ1) is 14.2. The first-order valence-corrected chi connectivity index (χ1v) is 5.32. The highest BCUT2D eigenvalue weighted by atomic mass is 35.5. The summed E-state index contributed by atoms with van der Waals surface area (Å²) in [7, 11) is 1.21. The predicted octanol–water partition coefficient (Wildman–Crippen LogP) is 1.15. The summed E-state index contributed by atoms with van der Waals surface area (Å²) >= 11 is 5.53. The first-order valence-electron chi connectivity index (χ1n) is 4.94. The van der Waals surface area contributed by atoms with Crippen LogP contribution in [0.2, 0.25) is 5.02 Å². The molecule has 1 aromatic rings. The average Bonchev–Trinajstić information content (AvgIpc) is 2.37. The predicted molar refractivity (Wildman–Crippen MR) is 61.9 cm³/mol. The van der Waals surface area contributed by atoms with Gasteiger partial charge in [-0.05, 0) is 12.1 Å². The monoisotopic (exact) mass is 275 g/mol. The van der Waals surface area contributed by atoms with Gasteiger partial charge in [0.2, 0.25) is 0 Å². The molecule has 1 N–H and O–H groups in total. The van der Waals surface area contributed by atoms with Crippen LogP contribution in [0.25, 0.3) is 0 Å². The van der Waals surface area contributed by atoms with Crippen molar-refractivity contribution in [2.75, 3.05) is 20.3 Å². The highest BCUT2D eigenvalue weighted by Gasteiger charge is 2.07. The number of benzene rings is 1. The van der Waals surface area contributed by atoms with Crippen LogP contribution in [0, 0.1) is 5.82 Å². The zero-order chi connectivity index (χ0) is 13.5.